The third kappa shape index (κ3) is 4.01. The number of hydrogen-bond donors (Lipinski definition) is 1. The van der Waals surface area contributed by atoms with Gasteiger partial charge in [-0.25, -0.2) is 0 Å². The Hall–Kier alpha value is -0.930. The highest BCUT2D eigenvalue weighted by atomic mass is 16.5. The van der Waals surface area contributed by atoms with E-state index in [2.05, 4.69) is 23.3 Å². The molecule has 1 aromatic heterocycles. The largest absolute Gasteiger partial charge is 0.383 e. The Morgan fingerprint density at radius 1 is 1.62 bits per heavy atom. The van der Waals surface area contributed by atoms with Crippen LogP contribution in [-0.4, -0.2) is 24.7 Å². The molecule has 1 atom stereocenters. The van der Waals surface area contributed by atoms with Gasteiger partial charge in [0.2, 0.25) is 0 Å². The Labute approximate surface area is 79.1 Å². The average Bonchev–Trinajstić information content (AvgIpc) is 2.17. The van der Waals surface area contributed by atoms with Crippen LogP contribution < -0.4 is 5.32 Å². The highest BCUT2D eigenvalue weighted by Crippen LogP contribution is 1.95. The van der Waals surface area contributed by atoms with Crippen LogP contribution in [0.5, 0.6) is 0 Å². The van der Waals surface area contributed by atoms with Crippen molar-refractivity contribution < 1.29 is 4.74 Å². The number of nitrogens with one attached hydrogen (secondary N) is 1. The molecule has 1 rings (SSSR count). The van der Waals surface area contributed by atoms with Gasteiger partial charge in [-0.15, -0.1) is 0 Å². The molecule has 1 N–H and O–H groups in total. The minimum absolute atomic E-state index is 0.380. The minimum atomic E-state index is 0.380. The predicted octanol–water partition coefficient (Wildman–Crippen LogP) is 1.21. The highest BCUT2D eigenvalue weighted by molar-refractivity contribution is 5.07. The normalized spacial score (nSPS) is 12.8. The molecule has 0 spiro atoms. The molecule has 0 aliphatic heterocycles. The van der Waals surface area contributed by atoms with Crippen LogP contribution in [0.1, 0.15) is 12.5 Å². The van der Waals surface area contributed by atoms with E-state index in [1.54, 1.807) is 13.3 Å². The lowest BCUT2D eigenvalue weighted by atomic mass is 10.2. The zero-order valence-electron chi connectivity index (χ0n) is 8.16. The SMILES string of the molecule is COCC(C)NCc1cccnc1. The van der Waals surface area contributed by atoms with E-state index in [0.29, 0.717) is 6.04 Å². The van der Waals surface area contributed by atoms with Crippen molar-refractivity contribution in [3.63, 3.8) is 0 Å². The van der Waals surface area contributed by atoms with Crippen molar-refractivity contribution in [2.45, 2.75) is 19.5 Å². The van der Waals surface area contributed by atoms with Crippen LogP contribution >= 0.6 is 0 Å². The summed E-state index contributed by atoms with van der Waals surface area (Å²) in [4.78, 5) is 4.04. The van der Waals surface area contributed by atoms with Crippen LogP contribution in [0.15, 0.2) is 24.5 Å². The van der Waals surface area contributed by atoms with Gasteiger partial charge in [0, 0.05) is 32.1 Å². The standard InChI is InChI=1S/C10H16N2O/c1-9(8-13-2)12-7-10-4-3-5-11-6-10/h3-6,9,12H,7-8H2,1-2H3. The van der Waals surface area contributed by atoms with Gasteiger partial charge in [-0.3, -0.25) is 4.98 Å². The third-order valence-corrected chi connectivity index (χ3v) is 1.79. The number of rotatable bonds is 5. The maximum atomic E-state index is 5.01. The summed E-state index contributed by atoms with van der Waals surface area (Å²) in [7, 11) is 1.71. The van der Waals surface area contributed by atoms with Gasteiger partial charge in [-0.2, -0.15) is 0 Å². The van der Waals surface area contributed by atoms with Gasteiger partial charge >= 0.3 is 0 Å². The van der Waals surface area contributed by atoms with E-state index in [-0.39, 0.29) is 0 Å². The lowest BCUT2D eigenvalue weighted by Crippen LogP contribution is -2.29. The van der Waals surface area contributed by atoms with E-state index >= 15 is 0 Å². The van der Waals surface area contributed by atoms with Gasteiger partial charge in [0.05, 0.1) is 6.61 Å². The average molecular weight is 180 g/mol. The fourth-order valence-corrected chi connectivity index (χ4v) is 1.10. The predicted molar refractivity (Wildman–Crippen MR) is 52.4 cm³/mol. The number of pyridine rings is 1. The van der Waals surface area contributed by atoms with Crippen molar-refractivity contribution in [2.75, 3.05) is 13.7 Å². The topological polar surface area (TPSA) is 34.1 Å². The van der Waals surface area contributed by atoms with Gasteiger partial charge in [-0.1, -0.05) is 6.07 Å². The minimum Gasteiger partial charge on any atom is -0.383 e. The van der Waals surface area contributed by atoms with Gasteiger partial charge in [0.1, 0.15) is 0 Å². The number of aromatic nitrogens is 1. The second kappa shape index (κ2) is 5.67. The Bertz CT molecular complexity index is 226. The van der Waals surface area contributed by atoms with Crippen LogP contribution in [0.25, 0.3) is 0 Å². The van der Waals surface area contributed by atoms with Crippen molar-refractivity contribution in [3.8, 4) is 0 Å². The summed E-state index contributed by atoms with van der Waals surface area (Å²) in [6, 6.07) is 4.38. The molecule has 1 aromatic rings. The summed E-state index contributed by atoms with van der Waals surface area (Å²) in [5, 5.41) is 3.33. The maximum absolute atomic E-state index is 5.01. The Kier molecular flexibility index (Phi) is 4.43. The van der Waals surface area contributed by atoms with Gasteiger partial charge in [0.15, 0.2) is 0 Å². The molecule has 0 radical (unpaired) electrons. The summed E-state index contributed by atoms with van der Waals surface area (Å²) in [6.45, 7) is 3.68. The third-order valence-electron chi connectivity index (χ3n) is 1.79. The van der Waals surface area contributed by atoms with E-state index in [9.17, 15) is 0 Å². The summed E-state index contributed by atoms with van der Waals surface area (Å²) < 4.78 is 5.01. The van der Waals surface area contributed by atoms with Crippen molar-refractivity contribution in [3.05, 3.63) is 30.1 Å². The van der Waals surface area contributed by atoms with E-state index in [4.69, 9.17) is 4.74 Å². The Morgan fingerprint density at radius 2 is 2.46 bits per heavy atom. The molecule has 0 fully saturated rings. The highest BCUT2D eigenvalue weighted by Gasteiger charge is 1.99. The van der Waals surface area contributed by atoms with Crippen LogP contribution in [0.3, 0.4) is 0 Å². The Morgan fingerprint density at radius 3 is 3.08 bits per heavy atom. The zero-order chi connectivity index (χ0) is 9.52. The van der Waals surface area contributed by atoms with E-state index in [0.717, 1.165) is 13.2 Å². The lowest BCUT2D eigenvalue weighted by molar-refractivity contribution is 0.171. The molecule has 72 valence electrons. The van der Waals surface area contributed by atoms with Crippen molar-refractivity contribution in [1.29, 1.82) is 0 Å². The molecule has 1 unspecified atom stereocenters. The van der Waals surface area contributed by atoms with Crippen molar-refractivity contribution in [2.24, 2.45) is 0 Å². The number of methoxy groups -OCH3 is 1. The second-order valence-electron chi connectivity index (χ2n) is 3.10. The van der Waals surface area contributed by atoms with Crippen LogP contribution in [0, 0.1) is 0 Å². The van der Waals surface area contributed by atoms with Crippen molar-refractivity contribution in [1.82, 2.24) is 10.3 Å². The number of nitrogens with zero attached hydrogens (tertiary/aromatic N) is 1. The summed E-state index contributed by atoms with van der Waals surface area (Å²) in [6.07, 6.45) is 3.65. The van der Waals surface area contributed by atoms with Crippen LogP contribution in [0.4, 0.5) is 0 Å². The van der Waals surface area contributed by atoms with Gasteiger partial charge in [-0.05, 0) is 18.6 Å². The quantitative estimate of drug-likeness (QED) is 0.739. The molecule has 0 aromatic carbocycles. The summed E-state index contributed by atoms with van der Waals surface area (Å²) in [5.41, 5.74) is 1.20. The smallest absolute Gasteiger partial charge is 0.0613 e. The number of ether oxygens (including phenoxy) is 1. The summed E-state index contributed by atoms with van der Waals surface area (Å²) in [5.74, 6) is 0. The molecule has 1 heterocycles. The fraction of sp³-hybridized carbons (Fsp3) is 0.500. The van der Waals surface area contributed by atoms with E-state index < -0.39 is 0 Å². The fourth-order valence-electron chi connectivity index (χ4n) is 1.10. The molecule has 0 bridgehead atoms. The van der Waals surface area contributed by atoms with Gasteiger partial charge < -0.3 is 10.1 Å². The second-order valence-corrected chi connectivity index (χ2v) is 3.10. The molecule has 0 aliphatic carbocycles. The van der Waals surface area contributed by atoms with Crippen molar-refractivity contribution >= 4 is 0 Å². The molecular weight excluding hydrogens is 164 g/mol. The van der Waals surface area contributed by atoms with Gasteiger partial charge in [0.25, 0.3) is 0 Å². The zero-order valence-corrected chi connectivity index (χ0v) is 8.16. The molecule has 3 heteroatoms. The first-order valence-corrected chi connectivity index (χ1v) is 4.44. The first-order chi connectivity index (χ1) is 6.33. The molecule has 0 amide bonds. The monoisotopic (exact) mass is 180 g/mol. The summed E-state index contributed by atoms with van der Waals surface area (Å²) >= 11 is 0. The van der Waals surface area contributed by atoms with E-state index in [1.807, 2.05) is 12.3 Å². The molecule has 13 heavy (non-hydrogen) atoms. The van der Waals surface area contributed by atoms with Crippen LogP contribution in [0.2, 0.25) is 0 Å². The van der Waals surface area contributed by atoms with E-state index in [1.165, 1.54) is 5.56 Å². The first kappa shape index (κ1) is 10.2. The maximum Gasteiger partial charge on any atom is 0.0613 e. The lowest BCUT2D eigenvalue weighted by Gasteiger charge is -2.11. The molecular formula is C10H16N2O. The number of hydrogen-bond acceptors (Lipinski definition) is 3. The molecule has 3 nitrogen and oxygen atoms in total. The first-order valence-electron chi connectivity index (χ1n) is 4.44. The molecule has 0 saturated carbocycles. The van der Waals surface area contributed by atoms with Crippen LogP contribution in [-0.2, 0) is 11.3 Å². The molecule has 0 saturated heterocycles. The molecule has 0 aliphatic rings. The Balaban J connectivity index is 2.27.